The zero-order valence-electron chi connectivity index (χ0n) is 14.4. The Kier molecular flexibility index (Phi) is 2.58. The van der Waals surface area contributed by atoms with Gasteiger partial charge in [0.25, 0.3) is 0 Å². The minimum Gasteiger partial charge on any atom is -0.481 e. The molecule has 0 aromatic carbocycles. The molecule has 25 heavy (non-hydrogen) atoms. The van der Waals surface area contributed by atoms with Gasteiger partial charge < -0.3 is 15.3 Å². The molecule has 0 saturated heterocycles. The van der Waals surface area contributed by atoms with Crippen LogP contribution in [0.5, 0.6) is 0 Å². The van der Waals surface area contributed by atoms with E-state index in [0.717, 1.165) is 5.57 Å². The first-order valence-electron chi connectivity index (χ1n) is 9.16. The second kappa shape index (κ2) is 4.09. The van der Waals surface area contributed by atoms with Crippen molar-refractivity contribution in [1.29, 1.82) is 0 Å². The summed E-state index contributed by atoms with van der Waals surface area (Å²) in [7, 11) is 0. The minimum atomic E-state index is -1.05. The summed E-state index contributed by atoms with van der Waals surface area (Å²) in [6, 6.07) is 0. The van der Waals surface area contributed by atoms with E-state index in [4.69, 9.17) is 0 Å². The molecule has 0 unspecified atom stereocenters. The second-order valence-corrected chi connectivity index (χ2v) is 9.41. The molecule has 0 aromatic heterocycles. The molecule has 4 bridgehead atoms. The molecule has 4 saturated carbocycles. The number of aliphatic carboxylic acids is 1. The van der Waals surface area contributed by atoms with E-state index in [9.17, 15) is 24.9 Å². The van der Waals surface area contributed by atoms with Crippen molar-refractivity contribution < 1.29 is 24.9 Å². The van der Waals surface area contributed by atoms with Crippen LogP contribution in [-0.2, 0) is 9.59 Å². The third-order valence-corrected chi connectivity index (χ3v) is 8.73. The Morgan fingerprint density at radius 3 is 2.76 bits per heavy atom. The van der Waals surface area contributed by atoms with Gasteiger partial charge in [0.05, 0.1) is 23.0 Å². The van der Waals surface area contributed by atoms with Crippen LogP contribution >= 0.6 is 0 Å². The maximum absolute atomic E-state index is 12.9. The molecular formula is C20H24O5. The molecule has 5 rings (SSSR count). The number of allylic oxidation sites excluding steroid dienone is 1. The average Bonchev–Trinajstić information content (AvgIpc) is 2.95. The van der Waals surface area contributed by atoms with Gasteiger partial charge in [0, 0.05) is 11.8 Å². The number of carboxylic acid groups (broad SMARTS) is 1. The van der Waals surface area contributed by atoms with E-state index < -0.39 is 45.8 Å². The number of hydrogen-bond acceptors (Lipinski definition) is 4. The van der Waals surface area contributed by atoms with Crippen LogP contribution in [0.25, 0.3) is 0 Å². The van der Waals surface area contributed by atoms with Crippen LogP contribution in [0, 0.1) is 34.0 Å². The van der Waals surface area contributed by atoms with Gasteiger partial charge in [0.15, 0.2) is 0 Å². The fraction of sp³-hybridized carbons (Fsp3) is 0.700. The number of aliphatic hydroxyl groups is 2. The Morgan fingerprint density at radius 2 is 2.08 bits per heavy atom. The zero-order valence-corrected chi connectivity index (χ0v) is 14.4. The molecule has 0 radical (unpaired) electrons. The van der Waals surface area contributed by atoms with Gasteiger partial charge in [-0.05, 0) is 55.4 Å². The van der Waals surface area contributed by atoms with E-state index in [1.807, 2.05) is 6.08 Å². The van der Waals surface area contributed by atoms with Crippen LogP contribution in [0.15, 0.2) is 24.3 Å². The summed E-state index contributed by atoms with van der Waals surface area (Å²) in [4.78, 5) is 25.4. The van der Waals surface area contributed by atoms with Crippen LogP contribution in [0.3, 0.4) is 0 Å². The lowest BCUT2D eigenvalue weighted by Gasteiger charge is -2.45. The van der Waals surface area contributed by atoms with Crippen molar-refractivity contribution in [1.82, 2.24) is 0 Å². The average molecular weight is 344 g/mol. The quantitative estimate of drug-likeness (QED) is 0.629. The number of ketones is 1. The summed E-state index contributed by atoms with van der Waals surface area (Å²) in [6.45, 7) is 5.81. The molecule has 3 N–H and O–H groups in total. The van der Waals surface area contributed by atoms with Crippen molar-refractivity contribution in [3.05, 3.63) is 24.3 Å². The number of carboxylic acids is 1. The van der Waals surface area contributed by atoms with Gasteiger partial charge in [-0.1, -0.05) is 18.7 Å². The molecule has 5 aliphatic rings. The number of carbonyl (C=O) groups is 2. The van der Waals surface area contributed by atoms with Gasteiger partial charge in [0.2, 0.25) is 0 Å². The molecule has 0 aromatic rings. The maximum atomic E-state index is 12.9. The van der Waals surface area contributed by atoms with Crippen LogP contribution in [0.2, 0.25) is 0 Å². The second-order valence-electron chi connectivity index (χ2n) is 9.41. The van der Waals surface area contributed by atoms with Crippen molar-refractivity contribution >= 4 is 11.8 Å². The molecular weight excluding hydrogens is 320 g/mol. The summed E-state index contributed by atoms with van der Waals surface area (Å²) < 4.78 is 0. The highest BCUT2D eigenvalue weighted by Crippen LogP contribution is 2.80. The molecule has 4 fully saturated rings. The van der Waals surface area contributed by atoms with Crippen molar-refractivity contribution in [2.24, 2.45) is 34.0 Å². The van der Waals surface area contributed by atoms with Crippen LogP contribution in [-0.4, -0.2) is 38.8 Å². The fourth-order valence-corrected chi connectivity index (χ4v) is 7.84. The lowest BCUT2D eigenvalue weighted by molar-refractivity contribution is -0.154. The Balaban J connectivity index is 1.78. The molecule has 1 spiro atoms. The Labute approximate surface area is 146 Å². The number of carbonyl (C=O) groups excluding carboxylic acids is 1. The van der Waals surface area contributed by atoms with E-state index in [1.165, 1.54) is 0 Å². The highest BCUT2D eigenvalue weighted by molar-refractivity contribution is 5.92. The lowest BCUT2D eigenvalue weighted by atomic mass is 9.59. The summed E-state index contributed by atoms with van der Waals surface area (Å²) in [6.07, 6.45) is 5.26. The number of fused-ring (bicyclic) bond motifs is 1. The lowest BCUT2D eigenvalue weighted by Crippen LogP contribution is -2.49. The first kappa shape index (κ1) is 15.8. The zero-order chi connectivity index (χ0) is 18.0. The normalized spacial score (nSPS) is 58.4. The summed E-state index contributed by atoms with van der Waals surface area (Å²) >= 11 is 0. The van der Waals surface area contributed by atoms with Gasteiger partial charge >= 0.3 is 5.97 Å². The SMILES string of the molecule is C=C1C[C@@]23C[C@]1(O)CC[C@H]2[C@]12C=C[C@@H](O)[C@@](C)(C(=O)C1)[C@H]2[C@H]3C(=O)O. The summed E-state index contributed by atoms with van der Waals surface area (Å²) in [5.41, 5.74) is -2.34. The van der Waals surface area contributed by atoms with Crippen molar-refractivity contribution in [2.75, 3.05) is 0 Å². The molecule has 5 nitrogen and oxygen atoms in total. The molecule has 0 heterocycles. The van der Waals surface area contributed by atoms with E-state index in [1.54, 1.807) is 13.0 Å². The van der Waals surface area contributed by atoms with Gasteiger partial charge in [0.1, 0.15) is 5.78 Å². The first-order valence-corrected chi connectivity index (χ1v) is 9.16. The molecule has 5 heteroatoms. The summed E-state index contributed by atoms with van der Waals surface area (Å²) in [5.74, 6) is -2.03. The van der Waals surface area contributed by atoms with E-state index in [2.05, 4.69) is 6.58 Å². The standard InChI is InChI=1S/C20H24O5/c1-10-7-19-9-20(10,25)6-3-11(19)18-5-4-12(21)17(2,13(22)8-18)15(18)14(19)16(23)24/h4-5,11-12,14-15,21,25H,1,3,6-9H2,2H3,(H,23,24)/t11-,12+,14-,15+,17-,18-,19+,20+/m0/s1. The first-order chi connectivity index (χ1) is 11.6. The Morgan fingerprint density at radius 1 is 1.36 bits per heavy atom. The smallest absolute Gasteiger partial charge is 0.307 e. The van der Waals surface area contributed by atoms with E-state index in [0.29, 0.717) is 32.1 Å². The van der Waals surface area contributed by atoms with Crippen molar-refractivity contribution in [3.8, 4) is 0 Å². The number of aliphatic hydroxyl groups excluding tert-OH is 1. The minimum absolute atomic E-state index is 0.0197. The van der Waals surface area contributed by atoms with Gasteiger partial charge in [-0.3, -0.25) is 9.59 Å². The van der Waals surface area contributed by atoms with E-state index in [-0.39, 0.29) is 11.7 Å². The number of rotatable bonds is 1. The van der Waals surface area contributed by atoms with Crippen LogP contribution < -0.4 is 0 Å². The molecule has 0 amide bonds. The number of Topliss-reactive ketones (excluding diaryl/α,β-unsaturated/α-hetero) is 1. The molecule has 8 atom stereocenters. The largest absolute Gasteiger partial charge is 0.481 e. The molecule has 134 valence electrons. The summed E-state index contributed by atoms with van der Waals surface area (Å²) in [5, 5.41) is 31.8. The molecule has 0 aliphatic heterocycles. The maximum Gasteiger partial charge on any atom is 0.307 e. The monoisotopic (exact) mass is 344 g/mol. The van der Waals surface area contributed by atoms with Crippen LogP contribution in [0.1, 0.15) is 39.0 Å². The van der Waals surface area contributed by atoms with Gasteiger partial charge in [-0.25, -0.2) is 0 Å². The van der Waals surface area contributed by atoms with Gasteiger partial charge in [-0.2, -0.15) is 0 Å². The Hall–Kier alpha value is -1.46. The van der Waals surface area contributed by atoms with Crippen LogP contribution in [0.4, 0.5) is 0 Å². The molecule has 5 aliphatic carbocycles. The van der Waals surface area contributed by atoms with Gasteiger partial charge in [-0.15, -0.1) is 0 Å². The predicted octanol–water partition coefficient (Wildman–Crippen LogP) is 1.69. The fourth-order valence-electron chi connectivity index (χ4n) is 7.84. The third-order valence-electron chi connectivity index (χ3n) is 8.73. The highest BCUT2D eigenvalue weighted by Gasteiger charge is 2.81. The van der Waals surface area contributed by atoms with E-state index >= 15 is 0 Å². The number of hydrogen-bond donors (Lipinski definition) is 3. The Bertz CT molecular complexity index is 770. The predicted molar refractivity (Wildman–Crippen MR) is 88.4 cm³/mol. The third kappa shape index (κ3) is 1.40. The van der Waals surface area contributed by atoms with Crippen molar-refractivity contribution in [2.45, 2.75) is 50.7 Å². The highest BCUT2D eigenvalue weighted by atomic mass is 16.4. The van der Waals surface area contributed by atoms with Crippen molar-refractivity contribution in [3.63, 3.8) is 0 Å². The topological polar surface area (TPSA) is 94.8 Å².